The smallest absolute Gasteiger partial charge is 0.160 e. The highest BCUT2D eigenvalue weighted by atomic mass is 32.1. The van der Waals surface area contributed by atoms with Gasteiger partial charge >= 0.3 is 0 Å². The molecule has 0 aliphatic heterocycles. The molecular formula is C29H20N2S. The van der Waals surface area contributed by atoms with Crippen molar-refractivity contribution in [2.24, 2.45) is 0 Å². The summed E-state index contributed by atoms with van der Waals surface area (Å²) < 4.78 is 2.66. The normalized spacial score (nSPS) is 11.3. The summed E-state index contributed by atoms with van der Waals surface area (Å²) in [6.45, 7) is 2.02. The van der Waals surface area contributed by atoms with Crippen LogP contribution in [0.15, 0.2) is 103 Å². The third kappa shape index (κ3) is 3.28. The fraction of sp³-hybridized carbons (Fsp3) is 0.0345. The minimum atomic E-state index is 0.760. The molecule has 0 unspecified atom stereocenters. The van der Waals surface area contributed by atoms with Crippen LogP contribution in [-0.4, -0.2) is 9.97 Å². The first-order valence-corrected chi connectivity index (χ1v) is 11.5. The molecule has 0 atom stereocenters. The molecule has 0 bridgehead atoms. The maximum absolute atomic E-state index is 4.85. The largest absolute Gasteiger partial charge is 0.233 e. The van der Waals surface area contributed by atoms with Crippen molar-refractivity contribution in [2.45, 2.75) is 6.92 Å². The minimum Gasteiger partial charge on any atom is -0.233 e. The zero-order valence-electron chi connectivity index (χ0n) is 17.6. The maximum atomic E-state index is 4.85. The number of hydrogen-bond donors (Lipinski definition) is 0. The summed E-state index contributed by atoms with van der Waals surface area (Å²) in [6.07, 6.45) is 0. The van der Waals surface area contributed by atoms with Crippen molar-refractivity contribution in [3.63, 3.8) is 0 Å². The third-order valence-corrected chi connectivity index (χ3v) is 7.00. The second-order valence-corrected chi connectivity index (χ2v) is 8.99. The average Bonchev–Trinajstić information content (AvgIpc) is 3.23. The van der Waals surface area contributed by atoms with E-state index in [9.17, 15) is 0 Å². The molecule has 152 valence electrons. The van der Waals surface area contributed by atoms with Crippen molar-refractivity contribution in [2.75, 3.05) is 0 Å². The van der Waals surface area contributed by atoms with Gasteiger partial charge in [-0.25, -0.2) is 9.97 Å². The van der Waals surface area contributed by atoms with E-state index in [4.69, 9.17) is 9.97 Å². The summed E-state index contributed by atoms with van der Waals surface area (Å²) in [5.41, 5.74) is 6.53. The lowest BCUT2D eigenvalue weighted by Gasteiger charge is -2.08. The molecule has 2 heterocycles. The monoisotopic (exact) mass is 428 g/mol. The Morgan fingerprint density at radius 3 is 2.16 bits per heavy atom. The molecule has 6 aromatic rings. The predicted octanol–water partition coefficient (Wildman–Crippen LogP) is 8.15. The lowest BCUT2D eigenvalue weighted by Crippen LogP contribution is -1.95. The Morgan fingerprint density at radius 2 is 1.31 bits per heavy atom. The van der Waals surface area contributed by atoms with E-state index in [1.165, 1.54) is 31.3 Å². The lowest BCUT2D eigenvalue weighted by molar-refractivity contribution is 1.12. The van der Waals surface area contributed by atoms with E-state index in [1.807, 2.05) is 42.5 Å². The number of nitrogens with zero attached hydrogens (tertiary/aromatic N) is 2. The third-order valence-electron chi connectivity index (χ3n) is 5.78. The van der Waals surface area contributed by atoms with Crippen molar-refractivity contribution in [3.05, 3.63) is 109 Å². The van der Waals surface area contributed by atoms with Crippen LogP contribution in [0, 0.1) is 6.92 Å². The molecule has 32 heavy (non-hydrogen) atoms. The van der Waals surface area contributed by atoms with Gasteiger partial charge in [-0.3, -0.25) is 0 Å². The van der Waals surface area contributed by atoms with Crippen molar-refractivity contribution >= 4 is 31.5 Å². The minimum absolute atomic E-state index is 0.760. The van der Waals surface area contributed by atoms with Gasteiger partial charge in [-0.05, 0) is 30.2 Å². The molecule has 0 fully saturated rings. The quantitative estimate of drug-likeness (QED) is 0.284. The zero-order chi connectivity index (χ0) is 21.5. The van der Waals surface area contributed by atoms with Crippen LogP contribution in [0.25, 0.3) is 53.9 Å². The van der Waals surface area contributed by atoms with Gasteiger partial charge in [-0.1, -0.05) is 91.0 Å². The van der Waals surface area contributed by atoms with Crippen molar-refractivity contribution < 1.29 is 0 Å². The maximum Gasteiger partial charge on any atom is 0.160 e. The molecule has 0 aliphatic carbocycles. The highest BCUT2D eigenvalue weighted by Crippen LogP contribution is 2.40. The number of rotatable bonds is 3. The van der Waals surface area contributed by atoms with E-state index in [-0.39, 0.29) is 0 Å². The number of aromatic nitrogens is 2. The summed E-state index contributed by atoms with van der Waals surface area (Å²) in [7, 11) is 0. The first-order valence-electron chi connectivity index (χ1n) is 10.7. The molecule has 0 spiro atoms. The van der Waals surface area contributed by atoms with Gasteiger partial charge < -0.3 is 0 Å². The molecule has 0 amide bonds. The summed E-state index contributed by atoms with van der Waals surface area (Å²) in [6, 6.07) is 36.1. The molecule has 0 N–H and O–H groups in total. The van der Waals surface area contributed by atoms with E-state index in [0.717, 1.165) is 28.3 Å². The number of aryl methyl sites for hydroxylation is 1. The summed E-state index contributed by atoms with van der Waals surface area (Å²) >= 11 is 1.86. The molecule has 0 radical (unpaired) electrons. The number of hydrogen-bond acceptors (Lipinski definition) is 3. The Labute approximate surface area is 190 Å². The van der Waals surface area contributed by atoms with Gasteiger partial charge in [0.1, 0.15) is 0 Å². The van der Waals surface area contributed by atoms with Crippen molar-refractivity contribution in [1.82, 2.24) is 9.97 Å². The Morgan fingerprint density at radius 1 is 0.594 bits per heavy atom. The van der Waals surface area contributed by atoms with Gasteiger partial charge in [0.15, 0.2) is 5.82 Å². The molecular weight excluding hydrogens is 408 g/mol. The lowest BCUT2D eigenvalue weighted by atomic mass is 10.0. The van der Waals surface area contributed by atoms with E-state index in [2.05, 4.69) is 78.9 Å². The Balaban J connectivity index is 1.42. The van der Waals surface area contributed by atoms with Crippen LogP contribution in [0.2, 0.25) is 0 Å². The van der Waals surface area contributed by atoms with Gasteiger partial charge in [0, 0.05) is 37.0 Å². The molecule has 0 saturated carbocycles. The molecule has 0 aliphatic rings. The van der Waals surface area contributed by atoms with Gasteiger partial charge in [0.05, 0.1) is 5.69 Å². The summed E-state index contributed by atoms with van der Waals surface area (Å²) in [4.78, 5) is 9.55. The number of thiophene rings is 1. The van der Waals surface area contributed by atoms with Crippen molar-refractivity contribution in [1.29, 1.82) is 0 Å². The average molecular weight is 429 g/mol. The first-order chi connectivity index (χ1) is 15.8. The molecule has 4 aromatic carbocycles. The zero-order valence-corrected chi connectivity index (χ0v) is 18.4. The van der Waals surface area contributed by atoms with Crippen LogP contribution in [0.5, 0.6) is 0 Å². The van der Waals surface area contributed by atoms with E-state index in [0.29, 0.717) is 0 Å². The van der Waals surface area contributed by atoms with Crippen LogP contribution in [0.4, 0.5) is 0 Å². The van der Waals surface area contributed by atoms with Gasteiger partial charge in [-0.15, -0.1) is 11.3 Å². The van der Waals surface area contributed by atoms with E-state index < -0.39 is 0 Å². The molecule has 2 aromatic heterocycles. The Hall–Kier alpha value is -3.82. The van der Waals surface area contributed by atoms with Gasteiger partial charge in [0.25, 0.3) is 0 Å². The van der Waals surface area contributed by atoms with Crippen LogP contribution in [-0.2, 0) is 0 Å². The van der Waals surface area contributed by atoms with Gasteiger partial charge in [-0.2, -0.15) is 0 Å². The summed E-state index contributed by atoms with van der Waals surface area (Å²) in [5.74, 6) is 0.760. The van der Waals surface area contributed by atoms with E-state index in [1.54, 1.807) is 0 Å². The second-order valence-electron chi connectivity index (χ2n) is 7.94. The highest BCUT2D eigenvalue weighted by molar-refractivity contribution is 7.26. The Bertz CT molecular complexity index is 1560. The Kier molecular flexibility index (Phi) is 4.55. The second kappa shape index (κ2) is 7.70. The molecule has 6 rings (SSSR count). The predicted molar refractivity (Wildman–Crippen MR) is 136 cm³/mol. The number of fused-ring (bicyclic) bond motifs is 3. The van der Waals surface area contributed by atoms with Crippen molar-refractivity contribution in [3.8, 4) is 33.8 Å². The van der Waals surface area contributed by atoms with Crippen LogP contribution in [0.1, 0.15) is 5.69 Å². The topological polar surface area (TPSA) is 25.8 Å². The summed E-state index contributed by atoms with van der Waals surface area (Å²) in [5, 5.41) is 2.65. The molecule has 0 saturated heterocycles. The fourth-order valence-corrected chi connectivity index (χ4v) is 5.47. The van der Waals surface area contributed by atoms with Crippen LogP contribution >= 0.6 is 11.3 Å². The van der Waals surface area contributed by atoms with Crippen LogP contribution < -0.4 is 0 Å². The fourth-order valence-electron chi connectivity index (χ4n) is 4.23. The van der Waals surface area contributed by atoms with E-state index >= 15 is 0 Å². The van der Waals surface area contributed by atoms with Gasteiger partial charge in [0.2, 0.25) is 0 Å². The SMILES string of the molecule is Cc1cc(-c2ccccc2)nc(-c2ccc(-c3cccc4c3sc3ccccc34)cc2)n1. The standard InChI is InChI=1S/C29H20N2S/c1-19-18-26(21-8-3-2-4-9-21)31-29(30-19)22-16-14-20(15-17-22)23-11-7-12-25-24-10-5-6-13-27(24)32-28(23)25/h2-18H,1H3. The number of benzene rings is 4. The van der Waals surface area contributed by atoms with Crippen LogP contribution in [0.3, 0.4) is 0 Å². The molecule has 2 nitrogen and oxygen atoms in total. The molecule has 3 heteroatoms. The first kappa shape index (κ1) is 18.9. The highest BCUT2D eigenvalue weighted by Gasteiger charge is 2.11.